The minimum atomic E-state index is -0.384. The van der Waals surface area contributed by atoms with Gasteiger partial charge in [-0.2, -0.15) is 5.10 Å². The third kappa shape index (κ3) is 3.38. The first-order valence-electron chi connectivity index (χ1n) is 8.73. The summed E-state index contributed by atoms with van der Waals surface area (Å²) in [5.74, 6) is 0.230. The van der Waals surface area contributed by atoms with Crippen LogP contribution in [0, 0.1) is 11.7 Å². The summed E-state index contributed by atoms with van der Waals surface area (Å²) >= 11 is 0. The lowest BCUT2D eigenvalue weighted by atomic mass is 10.1. The number of rotatable bonds is 5. The Hall–Kier alpha value is -2.95. The number of carbonyl (C=O) groups excluding carboxylic acids is 1. The van der Waals surface area contributed by atoms with Crippen LogP contribution in [-0.2, 0) is 0 Å². The summed E-state index contributed by atoms with van der Waals surface area (Å²) in [6.45, 7) is 1.83. The van der Waals surface area contributed by atoms with Crippen molar-refractivity contribution in [1.29, 1.82) is 0 Å². The van der Waals surface area contributed by atoms with E-state index in [0.717, 1.165) is 18.4 Å². The van der Waals surface area contributed by atoms with Crippen LogP contribution in [-0.4, -0.2) is 15.7 Å². The Balaban J connectivity index is 1.48. The Morgan fingerprint density at radius 1 is 1.19 bits per heavy atom. The molecule has 4 nitrogen and oxygen atoms in total. The van der Waals surface area contributed by atoms with Crippen LogP contribution < -0.4 is 4.74 Å². The Morgan fingerprint density at radius 3 is 2.65 bits per heavy atom. The minimum Gasteiger partial charge on any atom is -0.484 e. The van der Waals surface area contributed by atoms with Crippen LogP contribution in [0.1, 0.15) is 36.4 Å². The Labute approximate surface area is 151 Å². The molecule has 1 aromatic heterocycles. The van der Waals surface area contributed by atoms with Crippen molar-refractivity contribution < 1.29 is 13.9 Å². The summed E-state index contributed by atoms with van der Waals surface area (Å²) in [6, 6.07) is 16.0. The third-order valence-corrected chi connectivity index (χ3v) is 4.52. The number of nitrogens with zero attached hydrogens (tertiary/aromatic N) is 2. The lowest BCUT2D eigenvalue weighted by Gasteiger charge is -2.13. The highest BCUT2D eigenvalue weighted by Crippen LogP contribution is 2.31. The van der Waals surface area contributed by atoms with E-state index < -0.39 is 0 Å². The number of ether oxygens (including phenoxy) is 1. The second kappa shape index (κ2) is 6.75. The zero-order valence-electron chi connectivity index (χ0n) is 14.4. The maximum absolute atomic E-state index is 14.5. The molecule has 0 N–H and O–H groups in total. The quantitative estimate of drug-likeness (QED) is 0.659. The molecule has 3 aromatic rings. The molecule has 1 fully saturated rings. The van der Waals surface area contributed by atoms with E-state index in [2.05, 4.69) is 5.10 Å². The fourth-order valence-corrected chi connectivity index (χ4v) is 2.88. The van der Waals surface area contributed by atoms with Gasteiger partial charge < -0.3 is 4.74 Å². The molecule has 26 heavy (non-hydrogen) atoms. The first-order valence-corrected chi connectivity index (χ1v) is 8.73. The third-order valence-electron chi connectivity index (χ3n) is 4.52. The predicted octanol–water partition coefficient (Wildman–Crippen LogP) is 4.88. The normalized spacial score (nSPS) is 14.8. The van der Waals surface area contributed by atoms with Crippen molar-refractivity contribution in [3.8, 4) is 16.9 Å². The summed E-state index contributed by atoms with van der Waals surface area (Å²) in [6.07, 6.45) is 3.15. The highest BCUT2D eigenvalue weighted by molar-refractivity contribution is 5.82. The van der Waals surface area contributed by atoms with Gasteiger partial charge in [0.1, 0.15) is 23.4 Å². The molecule has 1 aliphatic rings. The van der Waals surface area contributed by atoms with Gasteiger partial charge in [-0.15, -0.1) is 0 Å². The van der Waals surface area contributed by atoms with E-state index in [9.17, 15) is 9.18 Å². The van der Waals surface area contributed by atoms with E-state index in [4.69, 9.17) is 4.74 Å². The van der Waals surface area contributed by atoms with Gasteiger partial charge >= 0.3 is 0 Å². The number of halogens is 1. The Bertz CT molecular complexity index is 932. The zero-order chi connectivity index (χ0) is 18.1. The standard InChI is InChI=1S/C21H19FN2O2/c1-14(20-11-12-24(23-20)21(25)16-7-8-16)26-17-9-10-18(19(22)13-17)15-5-3-2-4-6-15/h2-6,9-14,16H,7-8H2,1H3. The van der Waals surface area contributed by atoms with Gasteiger partial charge in [-0.1, -0.05) is 30.3 Å². The zero-order valence-corrected chi connectivity index (χ0v) is 14.4. The molecule has 132 valence electrons. The lowest BCUT2D eigenvalue weighted by Crippen LogP contribution is -2.14. The minimum absolute atomic E-state index is 0.0294. The molecule has 0 aliphatic heterocycles. The molecule has 0 amide bonds. The second-order valence-corrected chi connectivity index (χ2v) is 6.57. The highest BCUT2D eigenvalue weighted by atomic mass is 19.1. The van der Waals surface area contributed by atoms with Gasteiger partial charge in [0.15, 0.2) is 0 Å². The molecule has 0 radical (unpaired) electrons. The fraction of sp³-hybridized carbons (Fsp3) is 0.238. The van der Waals surface area contributed by atoms with Crippen LogP contribution in [0.5, 0.6) is 5.75 Å². The molecule has 5 heteroatoms. The number of carbonyl (C=O) groups is 1. The lowest BCUT2D eigenvalue weighted by molar-refractivity contribution is 0.0868. The molecule has 1 unspecified atom stereocenters. The number of aromatic nitrogens is 2. The van der Waals surface area contributed by atoms with Crippen molar-refractivity contribution >= 4 is 5.91 Å². The topological polar surface area (TPSA) is 44.1 Å². The van der Waals surface area contributed by atoms with Gasteiger partial charge in [0.25, 0.3) is 0 Å². The van der Waals surface area contributed by atoms with Crippen LogP contribution in [0.4, 0.5) is 4.39 Å². The molecular weight excluding hydrogens is 331 g/mol. The van der Waals surface area contributed by atoms with Crippen molar-refractivity contribution in [1.82, 2.24) is 9.78 Å². The first-order chi connectivity index (χ1) is 12.6. The van der Waals surface area contributed by atoms with Crippen LogP contribution in [0.2, 0.25) is 0 Å². The molecule has 0 saturated heterocycles. The summed E-state index contributed by atoms with van der Waals surface area (Å²) in [5, 5.41) is 4.30. The average molecular weight is 350 g/mol. The van der Waals surface area contributed by atoms with Crippen molar-refractivity contribution in [2.45, 2.75) is 25.9 Å². The monoisotopic (exact) mass is 350 g/mol. The van der Waals surface area contributed by atoms with Crippen LogP contribution in [0.25, 0.3) is 11.1 Å². The van der Waals surface area contributed by atoms with E-state index in [1.807, 2.05) is 37.3 Å². The molecule has 2 aromatic carbocycles. The van der Waals surface area contributed by atoms with E-state index >= 15 is 0 Å². The van der Waals surface area contributed by atoms with Gasteiger partial charge in [0.05, 0.1) is 0 Å². The maximum Gasteiger partial charge on any atom is 0.249 e. The largest absolute Gasteiger partial charge is 0.484 e. The van der Waals surface area contributed by atoms with Crippen LogP contribution in [0.15, 0.2) is 60.8 Å². The Kier molecular flexibility index (Phi) is 4.29. The van der Waals surface area contributed by atoms with Crippen LogP contribution in [0.3, 0.4) is 0 Å². The summed E-state index contributed by atoms with van der Waals surface area (Å²) in [4.78, 5) is 12.0. The average Bonchev–Trinajstić information content (AvgIpc) is 3.38. The SMILES string of the molecule is CC(Oc1ccc(-c2ccccc2)c(F)c1)c1ccn(C(=O)C2CC2)n1. The van der Waals surface area contributed by atoms with Crippen molar-refractivity contribution in [2.75, 3.05) is 0 Å². The van der Waals surface area contributed by atoms with Crippen molar-refractivity contribution in [3.63, 3.8) is 0 Å². The van der Waals surface area contributed by atoms with Crippen molar-refractivity contribution in [3.05, 3.63) is 72.3 Å². The molecule has 1 atom stereocenters. The predicted molar refractivity (Wildman–Crippen MR) is 96.5 cm³/mol. The highest BCUT2D eigenvalue weighted by Gasteiger charge is 2.31. The smallest absolute Gasteiger partial charge is 0.249 e. The molecule has 0 bridgehead atoms. The number of benzene rings is 2. The molecule has 1 saturated carbocycles. The number of hydrogen-bond acceptors (Lipinski definition) is 3. The van der Waals surface area contributed by atoms with E-state index in [1.54, 1.807) is 24.4 Å². The second-order valence-electron chi connectivity index (χ2n) is 6.57. The summed E-state index contributed by atoms with van der Waals surface area (Å²) in [5.41, 5.74) is 2.00. The summed E-state index contributed by atoms with van der Waals surface area (Å²) < 4.78 is 21.6. The van der Waals surface area contributed by atoms with E-state index in [0.29, 0.717) is 17.0 Å². The first kappa shape index (κ1) is 16.5. The van der Waals surface area contributed by atoms with E-state index in [1.165, 1.54) is 10.7 Å². The maximum atomic E-state index is 14.5. The molecule has 4 rings (SSSR count). The van der Waals surface area contributed by atoms with Crippen LogP contribution >= 0.6 is 0 Å². The number of hydrogen-bond donors (Lipinski definition) is 0. The molecule has 0 spiro atoms. The van der Waals surface area contributed by atoms with Crippen molar-refractivity contribution in [2.24, 2.45) is 5.92 Å². The molecule has 1 aliphatic carbocycles. The fourth-order valence-electron chi connectivity index (χ4n) is 2.88. The van der Waals surface area contributed by atoms with Gasteiger partial charge in [0, 0.05) is 23.7 Å². The van der Waals surface area contributed by atoms with E-state index in [-0.39, 0.29) is 23.7 Å². The van der Waals surface area contributed by atoms with Gasteiger partial charge in [-0.3, -0.25) is 4.79 Å². The van der Waals surface area contributed by atoms with Gasteiger partial charge in [-0.05, 0) is 43.5 Å². The summed E-state index contributed by atoms with van der Waals surface area (Å²) in [7, 11) is 0. The molecular formula is C21H19FN2O2. The molecule has 1 heterocycles. The van der Waals surface area contributed by atoms with Gasteiger partial charge in [0.2, 0.25) is 5.91 Å². The van der Waals surface area contributed by atoms with Gasteiger partial charge in [-0.25, -0.2) is 9.07 Å². The Morgan fingerprint density at radius 2 is 1.96 bits per heavy atom.